The third-order valence-corrected chi connectivity index (χ3v) is 5.43. The maximum Gasteiger partial charge on any atom is 0.250 e. The lowest BCUT2D eigenvalue weighted by atomic mass is 10.2. The average molecular weight is 384 g/mol. The number of sulfone groups is 1. The molecule has 132 valence electrons. The SMILES string of the molecule is CS(=O)(=O)c1ccc(-c2csc(NC(=O)C=Cc3ccccc3)n2)cc1. The number of nitrogens with zero attached hydrogens (tertiary/aromatic N) is 1. The molecule has 26 heavy (non-hydrogen) atoms. The van der Waals surface area contributed by atoms with Crippen molar-refractivity contribution in [2.45, 2.75) is 4.90 Å². The first kappa shape index (κ1) is 18.0. The van der Waals surface area contributed by atoms with E-state index in [1.807, 2.05) is 35.7 Å². The minimum absolute atomic E-state index is 0.260. The van der Waals surface area contributed by atoms with Crippen LogP contribution >= 0.6 is 11.3 Å². The number of amides is 1. The predicted octanol–water partition coefficient (Wildman–Crippen LogP) is 3.87. The monoisotopic (exact) mass is 384 g/mol. The van der Waals surface area contributed by atoms with Crippen LogP contribution in [0.15, 0.2) is 70.9 Å². The highest BCUT2D eigenvalue weighted by atomic mass is 32.2. The lowest BCUT2D eigenvalue weighted by molar-refractivity contribution is -0.111. The fraction of sp³-hybridized carbons (Fsp3) is 0.0526. The molecule has 0 radical (unpaired) electrons. The molecule has 3 aromatic rings. The highest BCUT2D eigenvalue weighted by Gasteiger charge is 2.09. The molecule has 1 aromatic heterocycles. The highest BCUT2D eigenvalue weighted by Crippen LogP contribution is 2.26. The maximum atomic E-state index is 12.0. The van der Waals surface area contributed by atoms with Gasteiger partial charge < -0.3 is 0 Å². The Morgan fingerprint density at radius 2 is 1.77 bits per heavy atom. The Morgan fingerprint density at radius 1 is 1.08 bits per heavy atom. The number of anilines is 1. The van der Waals surface area contributed by atoms with E-state index in [4.69, 9.17) is 0 Å². The molecule has 2 aromatic carbocycles. The van der Waals surface area contributed by atoms with Gasteiger partial charge in [0.15, 0.2) is 15.0 Å². The van der Waals surface area contributed by atoms with Crippen LogP contribution < -0.4 is 5.32 Å². The second-order valence-corrected chi connectivity index (χ2v) is 8.44. The third kappa shape index (κ3) is 4.65. The van der Waals surface area contributed by atoms with Gasteiger partial charge in [0.1, 0.15) is 0 Å². The van der Waals surface area contributed by atoms with E-state index in [1.54, 1.807) is 30.3 Å². The van der Waals surface area contributed by atoms with Crippen LogP contribution in [0.1, 0.15) is 5.56 Å². The Bertz CT molecular complexity index is 1040. The molecule has 7 heteroatoms. The second-order valence-electron chi connectivity index (χ2n) is 5.57. The molecule has 1 N–H and O–H groups in total. The van der Waals surface area contributed by atoms with Crippen LogP contribution in [0.25, 0.3) is 17.3 Å². The van der Waals surface area contributed by atoms with E-state index in [-0.39, 0.29) is 10.8 Å². The van der Waals surface area contributed by atoms with Gasteiger partial charge in [0.2, 0.25) is 5.91 Å². The lowest BCUT2D eigenvalue weighted by Crippen LogP contribution is -2.07. The average Bonchev–Trinajstić information content (AvgIpc) is 3.09. The summed E-state index contributed by atoms with van der Waals surface area (Å²) in [7, 11) is -3.22. The molecule has 0 saturated heterocycles. The van der Waals surface area contributed by atoms with Gasteiger partial charge >= 0.3 is 0 Å². The molecule has 0 bridgehead atoms. The van der Waals surface area contributed by atoms with Gasteiger partial charge in [-0.05, 0) is 23.8 Å². The van der Waals surface area contributed by atoms with Crippen LogP contribution in [-0.2, 0) is 14.6 Å². The number of nitrogens with one attached hydrogen (secondary N) is 1. The van der Waals surface area contributed by atoms with Crippen LogP contribution in [0.4, 0.5) is 5.13 Å². The molecule has 0 atom stereocenters. The fourth-order valence-corrected chi connectivity index (χ4v) is 3.57. The Kier molecular flexibility index (Phi) is 5.29. The molecular formula is C19H16N2O3S2. The summed E-state index contributed by atoms with van der Waals surface area (Å²) in [6, 6.07) is 16.0. The predicted molar refractivity (Wildman–Crippen MR) is 105 cm³/mol. The first-order valence-corrected chi connectivity index (χ1v) is 10.5. The van der Waals surface area contributed by atoms with Crippen molar-refractivity contribution in [3.05, 3.63) is 71.6 Å². The van der Waals surface area contributed by atoms with E-state index in [2.05, 4.69) is 10.3 Å². The minimum Gasteiger partial charge on any atom is -0.298 e. The van der Waals surface area contributed by atoms with E-state index in [0.29, 0.717) is 10.8 Å². The summed E-state index contributed by atoms with van der Waals surface area (Å²) >= 11 is 1.31. The topological polar surface area (TPSA) is 76.1 Å². The summed E-state index contributed by atoms with van der Waals surface area (Å²) in [4.78, 5) is 16.6. The van der Waals surface area contributed by atoms with Crippen molar-refractivity contribution in [2.24, 2.45) is 0 Å². The van der Waals surface area contributed by atoms with E-state index in [9.17, 15) is 13.2 Å². The number of benzene rings is 2. The summed E-state index contributed by atoms with van der Waals surface area (Å²) in [5, 5.41) is 5.02. The van der Waals surface area contributed by atoms with Crippen LogP contribution in [0.2, 0.25) is 0 Å². The summed E-state index contributed by atoms with van der Waals surface area (Å²) in [5.74, 6) is -0.262. The summed E-state index contributed by atoms with van der Waals surface area (Å²) in [5.41, 5.74) is 2.40. The first-order valence-electron chi connectivity index (χ1n) is 7.72. The molecule has 1 amide bonds. The Balaban J connectivity index is 1.68. The molecule has 0 aliphatic carbocycles. The van der Waals surface area contributed by atoms with Crippen molar-refractivity contribution in [1.82, 2.24) is 4.98 Å². The number of aromatic nitrogens is 1. The van der Waals surface area contributed by atoms with Crippen LogP contribution in [0, 0.1) is 0 Å². The molecular weight excluding hydrogens is 368 g/mol. The van der Waals surface area contributed by atoms with Crippen molar-refractivity contribution in [2.75, 3.05) is 11.6 Å². The Morgan fingerprint density at radius 3 is 2.42 bits per heavy atom. The van der Waals surface area contributed by atoms with Gasteiger partial charge in [-0.1, -0.05) is 42.5 Å². The molecule has 5 nitrogen and oxygen atoms in total. The van der Waals surface area contributed by atoms with Gasteiger partial charge in [-0.3, -0.25) is 10.1 Å². The van der Waals surface area contributed by atoms with Gasteiger partial charge in [0.05, 0.1) is 10.6 Å². The van der Waals surface area contributed by atoms with Gasteiger partial charge in [-0.25, -0.2) is 13.4 Å². The number of carbonyl (C=O) groups excluding carboxylic acids is 1. The molecule has 1 heterocycles. The largest absolute Gasteiger partial charge is 0.298 e. The van der Waals surface area contributed by atoms with Crippen LogP contribution in [0.5, 0.6) is 0 Å². The van der Waals surface area contributed by atoms with Gasteiger partial charge in [0, 0.05) is 23.3 Å². The number of hydrogen-bond donors (Lipinski definition) is 1. The molecule has 0 unspecified atom stereocenters. The summed E-state index contributed by atoms with van der Waals surface area (Å²) < 4.78 is 23.0. The van der Waals surface area contributed by atoms with Crippen LogP contribution in [-0.4, -0.2) is 25.6 Å². The van der Waals surface area contributed by atoms with Crippen molar-refractivity contribution in [3.63, 3.8) is 0 Å². The van der Waals surface area contributed by atoms with Gasteiger partial charge in [0.25, 0.3) is 0 Å². The number of rotatable bonds is 5. The summed E-state index contributed by atoms with van der Waals surface area (Å²) in [6.45, 7) is 0. The van der Waals surface area contributed by atoms with Crippen molar-refractivity contribution >= 4 is 38.3 Å². The zero-order valence-electron chi connectivity index (χ0n) is 13.9. The van der Waals surface area contributed by atoms with Crippen molar-refractivity contribution < 1.29 is 13.2 Å². The van der Waals surface area contributed by atoms with Crippen LogP contribution in [0.3, 0.4) is 0 Å². The van der Waals surface area contributed by atoms with Crippen molar-refractivity contribution in [3.8, 4) is 11.3 Å². The number of carbonyl (C=O) groups is 1. The summed E-state index contributed by atoms with van der Waals surface area (Å²) in [6.07, 6.45) is 4.35. The molecule has 0 saturated carbocycles. The zero-order valence-corrected chi connectivity index (χ0v) is 15.5. The smallest absolute Gasteiger partial charge is 0.250 e. The molecule has 0 aliphatic heterocycles. The van der Waals surface area contributed by atoms with Crippen molar-refractivity contribution in [1.29, 1.82) is 0 Å². The van der Waals surface area contributed by atoms with Gasteiger partial charge in [-0.2, -0.15) is 0 Å². The molecule has 0 fully saturated rings. The normalized spacial score (nSPS) is 11.6. The minimum atomic E-state index is -3.22. The number of hydrogen-bond acceptors (Lipinski definition) is 5. The standard InChI is InChI=1S/C19H16N2O3S2/c1-26(23,24)16-10-8-15(9-11-16)17-13-25-19(20-17)21-18(22)12-7-14-5-3-2-4-6-14/h2-13H,1H3,(H,20,21,22). The highest BCUT2D eigenvalue weighted by molar-refractivity contribution is 7.90. The van der Waals surface area contributed by atoms with E-state index >= 15 is 0 Å². The second kappa shape index (κ2) is 7.63. The lowest BCUT2D eigenvalue weighted by Gasteiger charge is -2.00. The third-order valence-electron chi connectivity index (χ3n) is 3.54. The fourth-order valence-electron chi connectivity index (χ4n) is 2.22. The molecule has 3 rings (SSSR count). The maximum absolute atomic E-state index is 12.0. The van der Waals surface area contributed by atoms with E-state index in [0.717, 1.165) is 11.1 Å². The van der Waals surface area contributed by atoms with E-state index in [1.165, 1.54) is 23.7 Å². The first-order chi connectivity index (χ1) is 12.4. The van der Waals surface area contributed by atoms with Gasteiger partial charge in [-0.15, -0.1) is 11.3 Å². The molecule has 0 aliphatic rings. The Labute approximate surface area is 156 Å². The Hall–Kier alpha value is -2.77. The van der Waals surface area contributed by atoms with E-state index < -0.39 is 9.84 Å². The molecule has 0 spiro atoms. The zero-order chi connectivity index (χ0) is 18.6. The number of thiazole rings is 1. The quantitative estimate of drug-likeness (QED) is 0.678.